The van der Waals surface area contributed by atoms with E-state index < -0.39 is 0 Å². The van der Waals surface area contributed by atoms with Gasteiger partial charge in [0.05, 0.1) is 12.6 Å². The predicted molar refractivity (Wildman–Crippen MR) is 131 cm³/mol. The van der Waals surface area contributed by atoms with Crippen molar-refractivity contribution in [2.24, 2.45) is 11.0 Å². The van der Waals surface area contributed by atoms with Crippen LogP contribution in [0.1, 0.15) is 104 Å². The third kappa shape index (κ3) is 6.80. The van der Waals surface area contributed by atoms with Crippen LogP contribution in [0.2, 0.25) is 0 Å². The van der Waals surface area contributed by atoms with Crippen LogP contribution in [0.25, 0.3) is 5.43 Å². The third-order valence-electron chi connectivity index (χ3n) is 7.17. The summed E-state index contributed by atoms with van der Waals surface area (Å²) in [6, 6.07) is 0.788. The Hall–Kier alpha value is -1.40. The van der Waals surface area contributed by atoms with E-state index in [0.29, 0.717) is 30.0 Å². The number of unbranched alkanes of at least 4 members (excludes halogenated alkanes) is 2. The summed E-state index contributed by atoms with van der Waals surface area (Å²) in [7, 11) is 0. The summed E-state index contributed by atoms with van der Waals surface area (Å²) in [5.41, 5.74) is 5.64. The number of nitrogens with zero attached hydrogens (tertiary/aromatic N) is 4. The van der Waals surface area contributed by atoms with E-state index in [1.807, 2.05) is 6.92 Å². The second kappa shape index (κ2) is 13.3. The van der Waals surface area contributed by atoms with Crippen LogP contribution in [0.15, 0.2) is 16.8 Å². The molecule has 2 aliphatic carbocycles. The molecule has 1 amide bonds. The average Bonchev–Trinajstić information content (AvgIpc) is 3.13. The Morgan fingerprint density at radius 2 is 1.75 bits per heavy atom. The van der Waals surface area contributed by atoms with E-state index in [9.17, 15) is 4.79 Å². The van der Waals surface area contributed by atoms with Gasteiger partial charge in [-0.2, -0.15) is 0 Å². The van der Waals surface area contributed by atoms with Crippen LogP contribution in [0.5, 0.6) is 0 Å². The molecule has 0 atom stereocenters. The minimum atomic E-state index is 0.0570. The smallest absolute Gasteiger partial charge is 0.279 e. The fourth-order valence-electron chi connectivity index (χ4n) is 5.22. The molecule has 3 aliphatic rings. The molecule has 0 aromatic rings. The van der Waals surface area contributed by atoms with E-state index in [2.05, 4.69) is 30.0 Å². The molecular weight excluding hydrogens is 400 g/mol. The molecule has 0 N–H and O–H groups in total. The lowest BCUT2D eigenvalue weighted by molar-refractivity contribution is -0.128. The maximum absolute atomic E-state index is 13.2. The minimum absolute atomic E-state index is 0.0570. The molecule has 182 valence electrons. The normalized spacial score (nSPS) is 26.2. The summed E-state index contributed by atoms with van der Waals surface area (Å²) >= 11 is 0. The van der Waals surface area contributed by atoms with Crippen LogP contribution >= 0.6 is 0 Å². The molecule has 0 aromatic heterocycles. The first-order valence-electron chi connectivity index (χ1n) is 13.4. The zero-order chi connectivity index (χ0) is 22.8. The Kier molecular flexibility index (Phi) is 10.5. The van der Waals surface area contributed by atoms with Gasteiger partial charge in [0, 0.05) is 0 Å². The zero-order valence-electron chi connectivity index (χ0n) is 20.7. The van der Waals surface area contributed by atoms with Crippen molar-refractivity contribution in [3.8, 4) is 0 Å². The first-order valence-corrected chi connectivity index (χ1v) is 13.4. The van der Waals surface area contributed by atoms with Gasteiger partial charge in [-0.1, -0.05) is 58.4 Å². The van der Waals surface area contributed by atoms with E-state index in [4.69, 9.17) is 10.2 Å². The summed E-state index contributed by atoms with van der Waals surface area (Å²) in [4.78, 5) is 13.2. The number of hydrazone groups is 1. The Morgan fingerprint density at radius 1 is 1.03 bits per heavy atom. The van der Waals surface area contributed by atoms with E-state index >= 15 is 0 Å². The van der Waals surface area contributed by atoms with Gasteiger partial charge >= 0.3 is 0 Å². The van der Waals surface area contributed by atoms with E-state index in [1.54, 1.807) is 5.01 Å². The first-order chi connectivity index (χ1) is 15.7. The average molecular weight is 446 g/mol. The molecule has 0 aromatic carbocycles. The molecule has 0 radical (unpaired) electrons. The van der Waals surface area contributed by atoms with Crippen molar-refractivity contribution in [2.75, 3.05) is 19.7 Å². The Morgan fingerprint density at radius 3 is 2.41 bits per heavy atom. The highest BCUT2D eigenvalue weighted by molar-refractivity contribution is 6.21. The number of carbonyl (C=O) groups excluding carboxylic acids is 1. The summed E-state index contributed by atoms with van der Waals surface area (Å²) in [5.74, 6) is 1.02. The molecule has 32 heavy (non-hydrogen) atoms. The molecule has 3 rings (SSSR count). The quantitative estimate of drug-likeness (QED) is 0.216. The number of hydrogen-bond acceptors (Lipinski definition) is 4. The molecule has 1 heterocycles. The van der Waals surface area contributed by atoms with Gasteiger partial charge in [-0.3, -0.25) is 4.79 Å². The maximum atomic E-state index is 13.2. The van der Waals surface area contributed by atoms with Crippen LogP contribution in [0.4, 0.5) is 0 Å². The van der Waals surface area contributed by atoms with E-state index in [-0.39, 0.29) is 11.9 Å². The highest BCUT2D eigenvalue weighted by atomic mass is 16.5. The molecule has 0 spiro atoms. The van der Waals surface area contributed by atoms with Crippen molar-refractivity contribution >= 4 is 11.8 Å². The SMILES string of the molecule is CCCC[N-]N(CCCC)C1CCC(C=C2C(=O)N(C3CCCCC3)N=C2OCC)CC1. The molecule has 0 saturated heterocycles. The van der Waals surface area contributed by atoms with Gasteiger partial charge < -0.3 is 15.2 Å². The summed E-state index contributed by atoms with van der Waals surface area (Å²) in [6.45, 7) is 9.01. The van der Waals surface area contributed by atoms with Crippen LogP contribution in [-0.4, -0.2) is 53.6 Å². The van der Waals surface area contributed by atoms with E-state index in [0.717, 1.165) is 51.6 Å². The van der Waals surface area contributed by atoms with Crippen LogP contribution in [0.3, 0.4) is 0 Å². The summed E-state index contributed by atoms with van der Waals surface area (Å²) in [5, 5.41) is 8.76. The minimum Gasteiger partial charge on any atom is -0.594 e. The molecule has 0 bridgehead atoms. The van der Waals surface area contributed by atoms with Gasteiger partial charge in [0.2, 0.25) is 5.90 Å². The molecule has 1 aliphatic heterocycles. The van der Waals surface area contributed by atoms with Crippen molar-refractivity contribution in [1.29, 1.82) is 0 Å². The number of allylic oxidation sites excluding steroid dienone is 1. The molecule has 2 saturated carbocycles. The predicted octanol–water partition coefficient (Wildman–Crippen LogP) is 6.19. The highest BCUT2D eigenvalue weighted by Gasteiger charge is 2.37. The largest absolute Gasteiger partial charge is 0.594 e. The lowest BCUT2D eigenvalue weighted by Crippen LogP contribution is -2.36. The van der Waals surface area contributed by atoms with Crippen molar-refractivity contribution in [3.05, 3.63) is 17.1 Å². The fraction of sp³-hybridized carbons (Fsp3) is 0.846. The number of hydrogen-bond donors (Lipinski definition) is 0. The second-order valence-electron chi connectivity index (χ2n) is 9.66. The summed E-state index contributed by atoms with van der Waals surface area (Å²) in [6.07, 6.45) is 17.2. The molecule has 6 heteroatoms. The van der Waals surface area contributed by atoms with Gasteiger partial charge in [-0.05, 0) is 70.4 Å². The van der Waals surface area contributed by atoms with Gasteiger partial charge in [-0.15, -0.1) is 11.6 Å². The molecular formula is C26H45N4O2-. The lowest BCUT2D eigenvalue weighted by atomic mass is 9.84. The van der Waals surface area contributed by atoms with Gasteiger partial charge in [-0.25, -0.2) is 5.01 Å². The van der Waals surface area contributed by atoms with Crippen molar-refractivity contribution in [3.63, 3.8) is 0 Å². The van der Waals surface area contributed by atoms with Crippen LogP contribution < -0.4 is 0 Å². The van der Waals surface area contributed by atoms with Crippen molar-refractivity contribution in [2.45, 2.75) is 116 Å². The fourth-order valence-corrected chi connectivity index (χ4v) is 5.22. The van der Waals surface area contributed by atoms with Crippen LogP contribution in [-0.2, 0) is 9.53 Å². The summed E-state index contributed by atoms with van der Waals surface area (Å²) < 4.78 is 5.80. The maximum Gasteiger partial charge on any atom is 0.279 e. The lowest BCUT2D eigenvalue weighted by Gasteiger charge is -2.46. The molecule has 0 unspecified atom stereocenters. The second-order valence-corrected chi connectivity index (χ2v) is 9.66. The van der Waals surface area contributed by atoms with Gasteiger partial charge in [0.15, 0.2) is 0 Å². The molecule has 6 nitrogen and oxygen atoms in total. The van der Waals surface area contributed by atoms with Crippen LogP contribution in [0, 0.1) is 5.92 Å². The Labute approximate surface area is 195 Å². The van der Waals surface area contributed by atoms with Crippen molar-refractivity contribution < 1.29 is 9.53 Å². The molecule has 2 fully saturated rings. The number of carbonyl (C=O) groups is 1. The highest BCUT2D eigenvalue weighted by Crippen LogP contribution is 2.33. The standard InChI is InChI=1S/C26H45N4O2/c1-4-7-18-27-29(19-8-5-2)22-16-14-21(15-17-22)20-24-25(32-6-3)28-30(26(24)31)23-12-10-9-11-13-23/h20-23H,4-19H2,1-3H3/q-1. The van der Waals surface area contributed by atoms with E-state index in [1.165, 1.54) is 44.9 Å². The third-order valence-corrected chi connectivity index (χ3v) is 7.17. The zero-order valence-corrected chi connectivity index (χ0v) is 20.7. The monoisotopic (exact) mass is 445 g/mol. The number of rotatable bonds is 11. The topological polar surface area (TPSA) is 59.2 Å². The Balaban J connectivity index is 1.60. The number of amides is 1. The van der Waals surface area contributed by atoms with Gasteiger partial charge in [0.1, 0.15) is 5.57 Å². The Bertz CT molecular complexity index is 634. The van der Waals surface area contributed by atoms with Crippen molar-refractivity contribution in [1.82, 2.24) is 10.0 Å². The van der Waals surface area contributed by atoms with Gasteiger partial charge in [0.25, 0.3) is 5.91 Å². The first kappa shape index (κ1) is 25.2. The number of ether oxygens (including phenoxy) is 1.